The number of hydrogen-bond acceptors (Lipinski definition) is 4. The van der Waals surface area contributed by atoms with E-state index in [1.165, 1.54) is 11.8 Å². The van der Waals surface area contributed by atoms with Crippen molar-refractivity contribution in [2.24, 2.45) is 0 Å². The molecule has 0 spiro atoms. The fraction of sp³-hybridized carbons (Fsp3) is 0.421. The van der Waals surface area contributed by atoms with Gasteiger partial charge in [-0.15, -0.1) is 0 Å². The summed E-state index contributed by atoms with van der Waals surface area (Å²) in [5.41, 5.74) is 2.95. The Hall–Kier alpha value is -2.87. The van der Waals surface area contributed by atoms with Crippen LogP contribution in [0.4, 0.5) is 16.2 Å². The van der Waals surface area contributed by atoms with Gasteiger partial charge in [0.15, 0.2) is 0 Å². The Labute approximate surface area is 157 Å². The zero-order chi connectivity index (χ0) is 19.3. The quantitative estimate of drug-likeness (QED) is 0.848. The highest BCUT2D eigenvalue weighted by Gasteiger charge is 2.34. The fourth-order valence-electron chi connectivity index (χ4n) is 3.92. The molecule has 1 aromatic heterocycles. The largest absolute Gasteiger partial charge is 0.465 e. The molecule has 2 amide bonds. The van der Waals surface area contributed by atoms with E-state index >= 15 is 0 Å². The van der Waals surface area contributed by atoms with Crippen LogP contribution >= 0.6 is 0 Å². The van der Waals surface area contributed by atoms with Crippen LogP contribution in [0.3, 0.4) is 0 Å². The Morgan fingerprint density at radius 2 is 2.00 bits per heavy atom. The SMILES string of the molecule is CC(=O)N1c2ccc(-c3cnn(C4CN[C@@H]4C)c3)cc2N(C(=O)O)C[C@@H]1C. The summed E-state index contributed by atoms with van der Waals surface area (Å²) in [5, 5.41) is 17.4. The van der Waals surface area contributed by atoms with E-state index < -0.39 is 6.09 Å². The van der Waals surface area contributed by atoms with Crippen LogP contribution in [0.25, 0.3) is 11.1 Å². The number of rotatable bonds is 2. The predicted molar refractivity (Wildman–Crippen MR) is 102 cm³/mol. The molecule has 2 aromatic rings. The zero-order valence-electron chi connectivity index (χ0n) is 15.6. The highest BCUT2D eigenvalue weighted by atomic mass is 16.4. The number of carboxylic acid groups (broad SMARTS) is 1. The third kappa shape index (κ3) is 2.86. The van der Waals surface area contributed by atoms with E-state index in [0.717, 1.165) is 17.7 Å². The maximum Gasteiger partial charge on any atom is 0.411 e. The topological polar surface area (TPSA) is 90.7 Å². The Bertz CT molecular complexity index is 909. The molecule has 1 unspecified atom stereocenters. The number of hydrogen-bond donors (Lipinski definition) is 2. The number of nitrogens with zero attached hydrogens (tertiary/aromatic N) is 4. The highest BCUT2D eigenvalue weighted by molar-refractivity contribution is 6.02. The summed E-state index contributed by atoms with van der Waals surface area (Å²) >= 11 is 0. The van der Waals surface area contributed by atoms with Crippen molar-refractivity contribution in [2.75, 3.05) is 22.9 Å². The molecule has 2 N–H and O–H groups in total. The third-order valence-corrected chi connectivity index (χ3v) is 5.48. The number of fused-ring (bicyclic) bond motifs is 1. The zero-order valence-corrected chi connectivity index (χ0v) is 15.6. The first-order valence-corrected chi connectivity index (χ1v) is 9.09. The van der Waals surface area contributed by atoms with Crippen LogP contribution in [0.1, 0.15) is 26.8 Å². The maximum absolute atomic E-state index is 12.1. The van der Waals surface area contributed by atoms with E-state index in [0.29, 0.717) is 23.5 Å². The molecule has 8 heteroatoms. The van der Waals surface area contributed by atoms with Crippen molar-refractivity contribution in [3.63, 3.8) is 0 Å². The van der Waals surface area contributed by atoms with Gasteiger partial charge < -0.3 is 15.3 Å². The lowest BCUT2D eigenvalue weighted by molar-refractivity contribution is -0.117. The summed E-state index contributed by atoms with van der Waals surface area (Å²) in [4.78, 5) is 26.8. The lowest BCUT2D eigenvalue weighted by Gasteiger charge is -2.39. The van der Waals surface area contributed by atoms with E-state index in [2.05, 4.69) is 17.3 Å². The summed E-state index contributed by atoms with van der Waals surface area (Å²) in [6, 6.07) is 6.07. The van der Waals surface area contributed by atoms with Gasteiger partial charge in [-0.05, 0) is 31.5 Å². The number of anilines is 2. The predicted octanol–water partition coefficient (Wildman–Crippen LogP) is 2.32. The maximum atomic E-state index is 12.1. The van der Waals surface area contributed by atoms with Crippen LogP contribution in [0.5, 0.6) is 0 Å². The minimum absolute atomic E-state index is 0.0965. The summed E-state index contributed by atoms with van der Waals surface area (Å²) in [7, 11) is 0. The summed E-state index contributed by atoms with van der Waals surface area (Å²) < 4.78 is 1.95. The molecular formula is C19H23N5O3. The van der Waals surface area contributed by atoms with Gasteiger partial charge >= 0.3 is 6.09 Å². The minimum atomic E-state index is -1.02. The van der Waals surface area contributed by atoms with E-state index in [9.17, 15) is 14.7 Å². The number of carbonyl (C=O) groups is 2. The van der Waals surface area contributed by atoms with Crippen molar-refractivity contribution in [1.82, 2.24) is 15.1 Å². The van der Waals surface area contributed by atoms with Crippen LogP contribution in [0.15, 0.2) is 30.6 Å². The van der Waals surface area contributed by atoms with Gasteiger partial charge in [-0.2, -0.15) is 5.10 Å². The summed E-state index contributed by atoms with van der Waals surface area (Å²) in [5.74, 6) is -0.0965. The van der Waals surface area contributed by atoms with Gasteiger partial charge in [0, 0.05) is 37.8 Å². The Morgan fingerprint density at radius 1 is 1.22 bits per heavy atom. The fourth-order valence-corrected chi connectivity index (χ4v) is 3.92. The minimum Gasteiger partial charge on any atom is -0.465 e. The molecule has 0 bridgehead atoms. The summed E-state index contributed by atoms with van der Waals surface area (Å²) in [6.45, 7) is 6.62. The van der Waals surface area contributed by atoms with Crippen LogP contribution in [-0.2, 0) is 4.79 Å². The van der Waals surface area contributed by atoms with Gasteiger partial charge in [0.1, 0.15) is 0 Å². The number of amides is 2. The van der Waals surface area contributed by atoms with Crippen molar-refractivity contribution in [3.8, 4) is 11.1 Å². The first-order valence-electron chi connectivity index (χ1n) is 9.09. The molecule has 2 aliphatic rings. The second-order valence-electron chi connectivity index (χ2n) is 7.31. The number of carbonyl (C=O) groups excluding carboxylic acids is 1. The van der Waals surface area contributed by atoms with Crippen LogP contribution in [-0.4, -0.2) is 52.1 Å². The molecule has 1 aromatic carbocycles. The molecule has 1 saturated heterocycles. The van der Waals surface area contributed by atoms with Gasteiger partial charge in [-0.3, -0.25) is 14.4 Å². The van der Waals surface area contributed by atoms with Crippen molar-refractivity contribution in [1.29, 1.82) is 0 Å². The normalized spacial score (nSPS) is 24.3. The molecule has 2 aliphatic heterocycles. The molecule has 0 aliphatic carbocycles. The molecule has 3 atom stereocenters. The van der Waals surface area contributed by atoms with Gasteiger partial charge in [-0.25, -0.2) is 4.79 Å². The summed E-state index contributed by atoms with van der Waals surface area (Å²) in [6.07, 6.45) is 2.77. The average molecular weight is 369 g/mol. The van der Waals surface area contributed by atoms with Crippen LogP contribution in [0, 0.1) is 0 Å². The van der Waals surface area contributed by atoms with Crippen molar-refractivity contribution in [3.05, 3.63) is 30.6 Å². The van der Waals surface area contributed by atoms with Gasteiger partial charge in [0.05, 0.1) is 29.7 Å². The Morgan fingerprint density at radius 3 is 2.59 bits per heavy atom. The van der Waals surface area contributed by atoms with Crippen molar-refractivity contribution >= 4 is 23.4 Å². The van der Waals surface area contributed by atoms with E-state index in [-0.39, 0.29) is 18.5 Å². The molecule has 27 heavy (non-hydrogen) atoms. The van der Waals surface area contributed by atoms with Crippen molar-refractivity contribution < 1.29 is 14.7 Å². The van der Waals surface area contributed by atoms with Crippen molar-refractivity contribution in [2.45, 2.75) is 38.9 Å². The molecule has 8 nitrogen and oxygen atoms in total. The first kappa shape index (κ1) is 17.5. The molecule has 142 valence electrons. The molecule has 0 radical (unpaired) electrons. The lowest BCUT2D eigenvalue weighted by atomic mass is 10.0. The standard InChI is InChI=1S/C19H23N5O3/c1-11-9-22(19(26)27)17-6-14(4-5-16(17)24(11)13(3)25)15-7-21-23(10-15)18-8-20-12(18)2/h4-7,10-12,18,20H,8-9H2,1-3H3,(H,26,27)/t11-,12+,18?/m0/s1. The molecular weight excluding hydrogens is 346 g/mol. The monoisotopic (exact) mass is 369 g/mol. The van der Waals surface area contributed by atoms with Gasteiger partial charge in [0.25, 0.3) is 0 Å². The average Bonchev–Trinajstić information content (AvgIpc) is 3.07. The number of nitrogens with one attached hydrogen (secondary N) is 1. The molecule has 4 rings (SSSR count). The molecule has 3 heterocycles. The second-order valence-corrected chi connectivity index (χ2v) is 7.31. The van der Waals surface area contributed by atoms with Gasteiger partial charge in [-0.1, -0.05) is 6.07 Å². The Balaban J connectivity index is 1.74. The smallest absolute Gasteiger partial charge is 0.411 e. The first-order chi connectivity index (χ1) is 12.9. The molecule has 1 fully saturated rings. The molecule has 0 saturated carbocycles. The number of benzene rings is 1. The van der Waals surface area contributed by atoms with E-state index in [4.69, 9.17) is 0 Å². The lowest BCUT2D eigenvalue weighted by Crippen LogP contribution is -2.51. The second kappa shape index (κ2) is 6.38. The van der Waals surface area contributed by atoms with Gasteiger partial charge in [0.2, 0.25) is 5.91 Å². The number of aromatic nitrogens is 2. The van der Waals surface area contributed by atoms with E-state index in [1.54, 1.807) is 11.1 Å². The Kier molecular flexibility index (Phi) is 4.15. The van der Waals surface area contributed by atoms with Crippen LogP contribution < -0.4 is 15.1 Å². The third-order valence-electron chi connectivity index (χ3n) is 5.48. The van der Waals surface area contributed by atoms with E-state index in [1.807, 2.05) is 36.0 Å². The van der Waals surface area contributed by atoms with Crippen LogP contribution in [0.2, 0.25) is 0 Å². The highest BCUT2D eigenvalue weighted by Crippen LogP contribution is 2.39.